The average molecular weight is 386 g/mol. The van der Waals surface area contributed by atoms with Crippen molar-refractivity contribution in [3.63, 3.8) is 0 Å². The molecule has 5 aliphatic rings. The van der Waals surface area contributed by atoms with E-state index < -0.39 is 0 Å². The fourth-order valence-corrected chi connectivity index (χ4v) is 5.43. The van der Waals surface area contributed by atoms with Crippen molar-refractivity contribution in [2.45, 2.75) is 51.6 Å². The van der Waals surface area contributed by atoms with Crippen LogP contribution in [0.3, 0.4) is 0 Å². The monoisotopic (exact) mass is 386 g/mol. The quantitative estimate of drug-likeness (QED) is 0.779. The van der Waals surface area contributed by atoms with Crippen molar-refractivity contribution >= 4 is 6.09 Å². The third-order valence-electron chi connectivity index (χ3n) is 6.68. The van der Waals surface area contributed by atoms with Gasteiger partial charge < -0.3 is 19.1 Å². The number of rotatable bonds is 2. The van der Waals surface area contributed by atoms with Crippen LogP contribution in [0.2, 0.25) is 0 Å². The molecule has 6 heteroatoms. The number of carbonyl (C=O) groups is 1. The highest BCUT2D eigenvalue weighted by Crippen LogP contribution is 2.48. The Hall–Kier alpha value is -1.95. The molecule has 0 spiro atoms. The Bertz CT molecular complexity index is 766. The van der Waals surface area contributed by atoms with Crippen LogP contribution in [-0.4, -0.2) is 61.0 Å². The number of amides is 1. The first kappa shape index (κ1) is 18.1. The lowest BCUT2D eigenvalue weighted by atomic mass is 9.75. The Morgan fingerprint density at radius 2 is 1.89 bits per heavy atom. The number of hydrogen-bond acceptors (Lipinski definition) is 5. The Morgan fingerprint density at radius 1 is 1.14 bits per heavy atom. The van der Waals surface area contributed by atoms with Gasteiger partial charge in [-0.05, 0) is 55.0 Å². The largest absolute Gasteiger partial charge is 0.454 e. The summed E-state index contributed by atoms with van der Waals surface area (Å²) in [4.78, 5) is 17.7. The standard InChI is InChI=1S/C22H30N2O4/c1-22(2,3)12-26-21(25)24-11-16(15-4-5-17-18(10-15)28-13-27-17)20-19(24)14-6-8-23(20)9-7-14/h4-5,10,14,16,19-20H,6-9,11-13H2,1-3H3/t16-,19+,20+/m0/s1. The highest BCUT2D eigenvalue weighted by molar-refractivity contribution is 5.69. The second-order valence-electron chi connectivity index (χ2n) is 9.84. The molecule has 6 nitrogen and oxygen atoms in total. The highest BCUT2D eigenvalue weighted by Gasteiger charge is 2.55. The lowest BCUT2D eigenvalue weighted by Gasteiger charge is -2.50. The molecule has 5 aliphatic heterocycles. The molecule has 2 bridgehead atoms. The number of hydrogen-bond donors (Lipinski definition) is 0. The van der Waals surface area contributed by atoms with Crippen molar-refractivity contribution in [1.29, 1.82) is 0 Å². The molecule has 4 fully saturated rings. The van der Waals surface area contributed by atoms with Crippen LogP contribution in [0.5, 0.6) is 11.5 Å². The smallest absolute Gasteiger partial charge is 0.410 e. The van der Waals surface area contributed by atoms with Gasteiger partial charge in [0.25, 0.3) is 0 Å². The van der Waals surface area contributed by atoms with Gasteiger partial charge in [-0.15, -0.1) is 0 Å². The van der Waals surface area contributed by atoms with E-state index >= 15 is 0 Å². The molecule has 0 radical (unpaired) electrons. The number of fused-ring (bicyclic) bond motifs is 3. The van der Waals surface area contributed by atoms with Crippen LogP contribution in [0.15, 0.2) is 18.2 Å². The van der Waals surface area contributed by atoms with Crippen LogP contribution in [-0.2, 0) is 4.74 Å². The van der Waals surface area contributed by atoms with Gasteiger partial charge in [0.05, 0.1) is 12.6 Å². The van der Waals surface area contributed by atoms with Gasteiger partial charge in [0.1, 0.15) is 0 Å². The van der Waals surface area contributed by atoms with Gasteiger partial charge in [0.15, 0.2) is 11.5 Å². The molecular weight excluding hydrogens is 356 g/mol. The van der Waals surface area contributed by atoms with E-state index in [1.165, 1.54) is 18.4 Å². The maximum absolute atomic E-state index is 13.0. The summed E-state index contributed by atoms with van der Waals surface area (Å²) in [6.45, 7) is 10.0. The van der Waals surface area contributed by atoms with Gasteiger partial charge in [-0.1, -0.05) is 26.8 Å². The van der Waals surface area contributed by atoms with Crippen LogP contribution in [0.4, 0.5) is 4.79 Å². The van der Waals surface area contributed by atoms with E-state index in [0.29, 0.717) is 25.1 Å². The van der Waals surface area contributed by atoms with E-state index in [-0.39, 0.29) is 30.3 Å². The van der Waals surface area contributed by atoms with Gasteiger partial charge in [-0.25, -0.2) is 4.79 Å². The summed E-state index contributed by atoms with van der Waals surface area (Å²) in [7, 11) is 0. The van der Waals surface area contributed by atoms with E-state index in [4.69, 9.17) is 14.2 Å². The molecule has 28 heavy (non-hydrogen) atoms. The van der Waals surface area contributed by atoms with Gasteiger partial charge in [0, 0.05) is 18.5 Å². The molecule has 0 aliphatic carbocycles. The molecule has 0 saturated carbocycles. The van der Waals surface area contributed by atoms with Crippen molar-refractivity contribution < 1.29 is 19.0 Å². The lowest BCUT2D eigenvalue weighted by molar-refractivity contribution is -0.0111. The van der Waals surface area contributed by atoms with E-state index in [1.807, 2.05) is 11.0 Å². The highest BCUT2D eigenvalue weighted by atomic mass is 16.7. The first-order valence-electron chi connectivity index (χ1n) is 10.5. The predicted octanol–water partition coefficient (Wildman–Crippen LogP) is 3.46. The Kier molecular flexibility index (Phi) is 4.23. The van der Waals surface area contributed by atoms with Crippen LogP contribution >= 0.6 is 0 Å². The van der Waals surface area contributed by atoms with Crippen LogP contribution < -0.4 is 9.47 Å². The zero-order valence-electron chi connectivity index (χ0n) is 17.0. The molecule has 1 aromatic carbocycles. The number of piperidine rings is 3. The maximum Gasteiger partial charge on any atom is 0.410 e. The molecule has 0 N–H and O–H groups in total. The van der Waals surface area contributed by atoms with Gasteiger partial charge >= 0.3 is 6.09 Å². The van der Waals surface area contributed by atoms with E-state index in [9.17, 15) is 4.79 Å². The number of nitrogens with zero attached hydrogens (tertiary/aromatic N) is 2. The molecule has 5 heterocycles. The molecule has 4 saturated heterocycles. The number of carbonyl (C=O) groups excluding carboxylic acids is 1. The molecule has 6 rings (SSSR count). The van der Waals surface area contributed by atoms with E-state index in [2.05, 4.69) is 37.8 Å². The fourth-order valence-electron chi connectivity index (χ4n) is 5.43. The average Bonchev–Trinajstić information content (AvgIpc) is 3.31. The summed E-state index contributed by atoms with van der Waals surface area (Å²) in [5.74, 6) is 2.49. The Balaban J connectivity index is 1.43. The summed E-state index contributed by atoms with van der Waals surface area (Å²) in [6, 6.07) is 6.88. The molecule has 3 atom stereocenters. The second-order valence-corrected chi connectivity index (χ2v) is 9.84. The van der Waals surface area contributed by atoms with Crippen molar-refractivity contribution in [2.75, 3.05) is 33.0 Å². The number of likely N-dealkylation sites (tertiary alicyclic amines) is 1. The molecule has 0 unspecified atom stereocenters. The summed E-state index contributed by atoms with van der Waals surface area (Å²) in [5.41, 5.74) is 1.21. The van der Waals surface area contributed by atoms with Gasteiger partial charge in [0.2, 0.25) is 6.79 Å². The number of ether oxygens (including phenoxy) is 3. The molecular formula is C22H30N2O4. The van der Waals surface area contributed by atoms with Crippen molar-refractivity contribution in [2.24, 2.45) is 11.3 Å². The Morgan fingerprint density at radius 3 is 2.64 bits per heavy atom. The SMILES string of the molecule is CC(C)(C)COC(=O)N1C[C@@H](c2ccc3c(c2)OCO3)[C@@H]2[C@H]1C1CCN2CC1. The zero-order valence-corrected chi connectivity index (χ0v) is 17.0. The predicted molar refractivity (Wildman–Crippen MR) is 105 cm³/mol. The third kappa shape index (κ3) is 3.02. The second kappa shape index (κ2) is 6.55. The summed E-state index contributed by atoms with van der Waals surface area (Å²) < 4.78 is 16.8. The number of benzene rings is 1. The molecule has 152 valence electrons. The first-order chi connectivity index (χ1) is 13.4. The molecule has 0 aromatic heterocycles. The Labute approximate surface area is 166 Å². The van der Waals surface area contributed by atoms with Crippen molar-refractivity contribution in [1.82, 2.24) is 9.80 Å². The zero-order chi connectivity index (χ0) is 19.5. The topological polar surface area (TPSA) is 51.2 Å². The van der Waals surface area contributed by atoms with E-state index in [1.54, 1.807) is 0 Å². The molecule has 1 amide bonds. The minimum atomic E-state index is -0.151. The van der Waals surface area contributed by atoms with Gasteiger partial charge in [-0.3, -0.25) is 4.90 Å². The maximum atomic E-state index is 13.0. The fraction of sp³-hybridized carbons (Fsp3) is 0.682. The minimum absolute atomic E-state index is 0.0272. The van der Waals surface area contributed by atoms with E-state index in [0.717, 1.165) is 24.6 Å². The summed E-state index contributed by atoms with van der Waals surface area (Å²) in [6.07, 6.45) is 2.21. The normalized spacial score (nSPS) is 33.1. The lowest BCUT2D eigenvalue weighted by Crippen LogP contribution is -2.60. The van der Waals surface area contributed by atoms with Crippen LogP contribution in [0, 0.1) is 11.3 Å². The summed E-state index contributed by atoms with van der Waals surface area (Å²) in [5, 5.41) is 0. The third-order valence-corrected chi connectivity index (χ3v) is 6.68. The van der Waals surface area contributed by atoms with Crippen molar-refractivity contribution in [3.8, 4) is 11.5 Å². The molecule has 1 aromatic rings. The summed E-state index contributed by atoms with van der Waals surface area (Å²) >= 11 is 0. The minimum Gasteiger partial charge on any atom is -0.454 e. The first-order valence-corrected chi connectivity index (χ1v) is 10.5. The van der Waals surface area contributed by atoms with Crippen LogP contribution in [0.1, 0.15) is 45.1 Å². The van der Waals surface area contributed by atoms with Crippen LogP contribution in [0.25, 0.3) is 0 Å². The van der Waals surface area contributed by atoms with Gasteiger partial charge in [-0.2, -0.15) is 0 Å². The van der Waals surface area contributed by atoms with Crippen molar-refractivity contribution in [3.05, 3.63) is 23.8 Å².